The van der Waals surface area contributed by atoms with E-state index in [0.29, 0.717) is 28.1 Å². The molecule has 0 unspecified atom stereocenters. The highest BCUT2D eigenvalue weighted by atomic mass is 35.5. The van der Waals surface area contributed by atoms with Crippen molar-refractivity contribution in [3.63, 3.8) is 0 Å². The van der Waals surface area contributed by atoms with Gasteiger partial charge in [-0.05, 0) is 49.0 Å². The summed E-state index contributed by atoms with van der Waals surface area (Å²) in [5.74, 6) is 1.33. The van der Waals surface area contributed by atoms with Crippen LogP contribution in [0.25, 0.3) is 17.4 Å². The van der Waals surface area contributed by atoms with Gasteiger partial charge in [0.25, 0.3) is 5.24 Å². The third-order valence-corrected chi connectivity index (χ3v) is 5.05. The Morgan fingerprint density at radius 3 is 2.77 bits per heavy atom. The number of carbonyl (C=O) groups is 1. The second-order valence-corrected chi connectivity index (χ2v) is 6.39. The first-order valence-corrected chi connectivity index (χ1v) is 8.30. The first-order valence-electron chi connectivity index (χ1n) is 6.70. The van der Waals surface area contributed by atoms with E-state index in [2.05, 4.69) is 0 Å². The fraction of sp³-hybridized carbons (Fsp3) is 0.125. The van der Waals surface area contributed by atoms with E-state index < -0.39 is 0 Å². The van der Waals surface area contributed by atoms with Gasteiger partial charge in [-0.1, -0.05) is 36.0 Å². The summed E-state index contributed by atoms with van der Waals surface area (Å²) in [7, 11) is 0. The van der Waals surface area contributed by atoms with Gasteiger partial charge in [-0.15, -0.1) is 0 Å². The molecule has 3 rings (SSSR count). The predicted molar refractivity (Wildman–Crippen MR) is 95.1 cm³/mol. The summed E-state index contributed by atoms with van der Waals surface area (Å²) in [6.45, 7) is 2.47. The Bertz CT molecular complexity index is 782. The molecular formula is C16H12ClNO2S2. The molecule has 112 valence electrons. The molecule has 1 aliphatic heterocycles. The summed E-state index contributed by atoms with van der Waals surface area (Å²) in [6, 6.07) is 11.2. The Kier molecular flexibility index (Phi) is 4.38. The SMILES string of the molecule is CCN1C(=O)S/C(=C\c2ccc(-c3ccccc3Cl)o2)C1=S. The number of hydrogen-bond donors (Lipinski definition) is 0. The molecule has 1 saturated heterocycles. The Labute approximate surface area is 142 Å². The minimum absolute atomic E-state index is 0.0448. The number of rotatable bonds is 3. The third-order valence-electron chi connectivity index (χ3n) is 3.23. The van der Waals surface area contributed by atoms with Crippen LogP contribution in [-0.4, -0.2) is 21.7 Å². The molecular weight excluding hydrogens is 338 g/mol. The lowest BCUT2D eigenvalue weighted by molar-refractivity contribution is 0.247. The first-order chi connectivity index (χ1) is 10.6. The van der Waals surface area contributed by atoms with Gasteiger partial charge in [-0.3, -0.25) is 9.69 Å². The molecule has 1 aliphatic rings. The van der Waals surface area contributed by atoms with Crippen LogP contribution in [0.15, 0.2) is 45.7 Å². The molecule has 22 heavy (non-hydrogen) atoms. The summed E-state index contributed by atoms with van der Waals surface area (Å²) >= 11 is 12.6. The second kappa shape index (κ2) is 6.28. The van der Waals surface area contributed by atoms with Gasteiger partial charge in [0, 0.05) is 12.1 Å². The minimum atomic E-state index is -0.0448. The molecule has 2 aromatic rings. The van der Waals surface area contributed by atoms with Crippen LogP contribution in [0.5, 0.6) is 0 Å². The van der Waals surface area contributed by atoms with Crippen molar-refractivity contribution in [3.8, 4) is 11.3 Å². The predicted octanol–water partition coefficient (Wildman–Crippen LogP) is 5.46. The maximum absolute atomic E-state index is 11.8. The van der Waals surface area contributed by atoms with E-state index in [1.807, 2.05) is 43.3 Å². The van der Waals surface area contributed by atoms with Crippen molar-refractivity contribution in [3.05, 3.63) is 52.1 Å². The number of benzene rings is 1. The molecule has 0 spiro atoms. The lowest BCUT2D eigenvalue weighted by atomic mass is 10.2. The van der Waals surface area contributed by atoms with Gasteiger partial charge in [-0.25, -0.2) is 0 Å². The van der Waals surface area contributed by atoms with Crippen LogP contribution in [0.3, 0.4) is 0 Å². The molecule has 6 heteroatoms. The summed E-state index contributed by atoms with van der Waals surface area (Å²) in [4.78, 5) is 14.7. The van der Waals surface area contributed by atoms with Crippen molar-refractivity contribution < 1.29 is 9.21 Å². The molecule has 0 N–H and O–H groups in total. The standard InChI is InChI=1S/C16H12ClNO2S2/c1-2-18-15(21)14(22-16(18)19)9-10-7-8-13(20-10)11-5-3-4-6-12(11)17/h3-9H,2H2,1H3/b14-9-. The Morgan fingerprint density at radius 2 is 2.09 bits per heavy atom. The van der Waals surface area contributed by atoms with Gasteiger partial charge in [0.1, 0.15) is 16.5 Å². The Morgan fingerprint density at radius 1 is 1.32 bits per heavy atom. The lowest BCUT2D eigenvalue weighted by Gasteiger charge is -2.09. The number of nitrogens with zero attached hydrogens (tertiary/aromatic N) is 1. The number of thioether (sulfide) groups is 1. The molecule has 1 aromatic carbocycles. The van der Waals surface area contributed by atoms with Crippen LogP contribution in [0.2, 0.25) is 5.02 Å². The van der Waals surface area contributed by atoms with E-state index in [4.69, 9.17) is 28.2 Å². The smallest absolute Gasteiger partial charge is 0.291 e. The van der Waals surface area contributed by atoms with Gasteiger partial charge in [-0.2, -0.15) is 0 Å². The third kappa shape index (κ3) is 2.84. The fourth-order valence-corrected chi connectivity index (χ4v) is 3.71. The van der Waals surface area contributed by atoms with Crippen molar-refractivity contribution in [2.24, 2.45) is 0 Å². The maximum Gasteiger partial charge on any atom is 0.291 e. The van der Waals surface area contributed by atoms with E-state index in [-0.39, 0.29) is 5.24 Å². The Balaban J connectivity index is 1.90. The zero-order chi connectivity index (χ0) is 15.7. The molecule has 0 bridgehead atoms. The molecule has 1 fully saturated rings. The average molecular weight is 350 g/mol. The molecule has 2 heterocycles. The quantitative estimate of drug-likeness (QED) is 0.544. The summed E-state index contributed by atoms with van der Waals surface area (Å²) in [6.07, 6.45) is 1.79. The summed E-state index contributed by atoms with van der Waals surface area (Å²) in [5, 5.41) is 0.589. The van der Waals surface area contributed by atoms with Crippen LogP contribution >= 0.6 is 35.6 Å². The Hall–Kier alpha value is -1.56. The molecule has 0 radical (unpaired) electrons. The number of amides is 1. The van der Waals surface area contributed by atoms with E-state index in [1.54, 1.807) is 11.0 Å². The van der Waals surface area contributed by atoms with E-state index in [0.717, 1.165) is 22.2 Å². The van der Waals surface area contributed by atoms with Gasteiger partial charge in [0.05, 0.1) is 9.93 Å². The van der Waals surface area contributed by atoms with Crippen molar-refractivity contribution in [1.29, 1.82) is 0 Å². The zero-order valence-corrected chi connectivity index (χ0v) is 14.1. The van der Waals surface area contributed by atoms with Crippen LogP contribution in [0.1, 0.15) is 12.7 Å². The van der Waals surface area contributed by atoms with E-state index in [9.17, 15) is 4.79 Å². The summed E-state index contributed by atoms with van der Waals surface area (Å²) in [5.41, 5.74) is 0.835. The van der Waals surface area contributed by atoms with Crippen molar-refractivity contribution in [2.75, 3.05) is 6.54 Å². The topological polar surface area (TPSA) is 33.5 Å². The van der Waals surface area contributed by atoms with E-state index >= 15 is 0 Å². The molecule has 3 nitrogen and oxygen atoms in total. The van der Waals surface area contributed by atoms with Crippen LogP contribution in [0.4, 0.5) is 4.79 Å². The highest BCUT2D eigenvalue weighted by Gasteiger charge is 2.30. The number of thiocarbonyl (C=S) groups is 1. The van der Waals surface area contributed by atoms with Gasteiger partial charge >= 0.3 is 0 Å². The number of carbonyl (C=O) groups excluding carboxylic acids is 1. The molecule has 1 amide bonds. The van der Waals surface area contributed by atoms with Gasteiger partial charge < -0.3 is 4.42 Å². The highest BCUT2D eigenvalue weighted by Crippen LogP contribution is 2.35. The second-order valence-electron chi connectivity index (χ2n) is 4.61. The number of halogens is 1. The lowest BCUT2D eigenvalue weighted by Crippen LogP contribution is -2.26. The van der Waals surface area contributed by atoms with Gasteiger partial charge in [0.2, 0.25) is 0 Å². The number of likely N-dealkylation sites (N-methyl/N-ethyl adjacent to an activating group) is 1. The van der Waals surface area contributed by atoms with Crippen LogP contribution in [0, 0.1) is 0 Å². The molecule has 0 atom stereocenters. The van der Waals surface area contributed by atoms with Crippen molar-refractivity contribution >= 4 is 51.9 Å². The van der Waals surface area contributed by atoms with E-state index in [1.165, 1.54) is 0 Å². The van der Waals surface area contributed by atoms with Crippen molar-refractivity contribution in [1.82, 2.24) is 4.90 Å². The zero-order valence-electron chi connectivity index (χ0n) is 11.7. The largest absolute Gasteiger partial charge is 0.457 e. The maximum atomic E-state index is 11.8. The summed E-state index contributed by atoms with van der Waals surface area (Å²) < 4.78 is 5.80. The monoisotopic (exact) mass is 349 g/mol. The number of hydrogen-bond acceptors (Lipinski definition) is 4. The average Bonchev–Trinajstić information content (AvgIpc) is 3.05. The highest BCUT2D eigenvalue weighted by molar-refractivity contribution is 8.19. The molecule has 0 saturated carbocycles. The van der Waals surface area contributed by atoms with Gasteiger partial charge in [0.15, 0.2) is 0 Å². The molecule has 0 aliphatic carbocycles. The van der Waals surface area contributed by atoms with Crippen LogP contribution in [-0.2, 0) is 0 Å². The van der Waals surface area contributed by atoms with Crippen LogP contribution < -0.4 is 0 Å². The normalized spacial score (nSPS) is 16.8. The first kappa shape index (κ1) is 15.3. The number of furan rings is 1. The van der Waals surface area contributed by atoms with Crippen molar-refractivity contribution in [2.45, 2.75) is 6.92 Å². The fourth-order valence-electron chi connectivity index (χ4n) is 2.14. The molecule has 1 aromatic heterocycles. The minimum Gasteiger partial charge on any atom is -0.457 e.